The van der Waals surface area contributed by atoms with Gasteiger partial charge in [0.15, 0.2) is 5.96 Å². The van der Waals surface area contributed by atoms with E-state index in [0.717, 1.165) is 64.8 Å². The van der Waals surface area contributed by atoms with Crippen LogP contribution in [0, 0.1) is 5.92 Å². The molecule has 30 heavy (non-hydrogen) atoms. The Labute approximate surface area is 199 Å². The van der Waals surface area contributed by atoms with Crippen LogP contribution in [0.15, 0.2) is 29.3 Å². The van der Waals surface area contributed by atoms with E-state index in [9.17, 15) is 0 Å². The standard InChI is InChI=1S/C23H39N5O.HI/c1-18(2)15-27-11-12-29-22(17-27)14-26-23(24-4)25-13-19(3)28-10-9-20-7-5-6-8-21(20)16-28;/h5-8,18-19,22H,9-17H2,1-4H3,(H2,24,25,26);1H. The van der Waals surface area contributed by atoms with Crippen molar-refractivity contribution in [2.45, 2.75) is 45.9 Å². The van der Waals surface area contributed by atoms with E-state index in [4.69, 9.17) is 4.74 Å². The average Bonchev–Trinajstić information content (AvgIpc) is 2.73. The lowest BCUT2D eigenvalue weighted by Crippen LogP contribution is -2.51. The molecule has 0 aromatic heterocycles. The highest BCUT2D eigenvalue weighted by molar-refractivity contribution is 14.0. The predicted molar refractivity (Wildman–Crippen MR) is 136 cm³/mol. The third-order valence-corrected chi connectivity index (χ3v) is 5.92. The van der Waals surface area contributed by atoms with E-state index in [1.54, 1.807) is 0 Å². The van der Waals surface area contributed by atoms with Crippen LogP contribution in [0.5, 0.6) is 0 Å². The molecule has 0 radical (unpaired) electrons. The molecule has 1 fully saturated rings. The Hall–Kier alpha value is -0.900. The maximum Gasteiger partial charge on any atom is 0.191 e. The highest BCUT2D eigenvalue weighted by Crippen LogP contribution is 2.19. The van der Waals surface area contributed by atoms with Crippen LogP contribution in [0.4, 0.5) is 0 Å². The van der Waals surface area contributed by atoms with E-state index in [1.165, 1.54) is 11.1 Å². The van der Waals surface area contributed by atoms with Gasteiger partial charge in [-0.1, -0.05) is 38.1 Å². The smallest absolute Gasteiger partial charge is 0.191 e. The summed E-state index contributed by atoms with van der Waals surface area (Å²) in [4.78, 5) is 9.46. The van der Waals surface area contributed by atoms with Gasteiger partial charge in [0.05, 0.1) is 12.7 Å². The quantitative estimate of drug-likeness (QED) is 0.323. The third kappa shape index (κ3) is 7.66. The van der Waals surface area contributed by atoms with Gasteiger partial charge in [-0.15, -0.1) is 24.0 Å². The lowest BCUT2D eigenvalue weighted by molar-refractivity contribution is -0.0284. The van der Waals surface area contributed by atoms with Crippen molar-refractivity contribution in [3.05, 3.63) is 35.4 Å². The van der Waals surface area contributed by atoms with Crippen molar-refractivity contribution >= 4 is 29.9 Å². The first kappa shape index (κ1) is 25.4. The average molecular weight is 530 g/mol. The molecule has 3 rings (SSSR count). The first-order chi connectivity index (χ1) is 14.0. The molecule has 6 nitrogen and oxygen atoms in total. The molecule has 2 aliphatic rings. The fraction of sp³-hybridized carbons (Fsp3) is 0.696. The van der Waals surface area contributed by atoms with Crippen LogP contribution < -0.4 is 10.6 Å². The third-order valence-electron chi connectivity index (χ3n) is 5.92. The molecule has 2 N–H and O–H groups in total. The van der Waals surface area contributed by atoms with Gasteiger partial charge in [-0.25, -0.2) is 0 Å². The Kier molecular flexibility index (Phi) is 10.8. The van der Waals surface area contributed by atoms with Gasteiger partial charge < -0.3 is 15.4 Å². The number of hydrogen-bond donors (Lipinski definition) is 2. The van der Waals surface area contributed by atoms with Crippen molar-refractivity contribution in [3.63, 3.8) is 0 Å². The Morgan fingerprint density at radius 1 is 1.17 bits per heavy atom. The van der Waals surface area contributed by atoms with Crippen molar-refractivity contribution in [1.82, 2.24) is 20.4 Å². The molecule has 0 aliphatic carbocycles. The van der Waals surface area contributed by atoms with Crippen LogP contribution in [-0.2, 0) is 17.7 Å². The molecular formula is C23H40IN5O. The second-order valence-corrected chi connectivity index (χ2v) is 8.82. The summed E-state index contributed by atoms with van der Waals surface area (Å²) in [5.74, 6) is 1.55. The van der Waals surface area contributed by atoms with Crippen molar-refractivity contribution in [2.24, 2.45) is 10.9 Å². The van der Waals surface area contributed by atoms with E-state index < -0.39 is 0 Å². The number of rotatable bonds is 7. The van der Waals surface area contributed by atoms with E-state index in [1.807, 2.05) is 7.05 Å². The second-order valence-electron chi connectivity index (χ2n) is 8.82. The monoisotopic (exact) mass is 529 g/mol. The lowest BCUT2D eigenvalue weighted by Gasteiger charge is -2.35. The Balaban J connectivity index is 0.00000320. The molecule has 0 amide bonds. The summed E-state index contributed by atoms with van der Waals surface area (Å²) in [6, 6.07) is 9.26. The van der Waals surface area contributed by atoms with Crippen LogP contribution >= 0.6 is 24.0 Å². The fourth-order valence-electron chi connectivity index (χ4n) is 4.28. The van der Waals surface area contributed by atoms with Gasteiger partial charge >= 0.3 is 0 Å². The largest absolute Gasteiger partial charge is 0.374 e. The Bertz CT molecular complexity index is 669. The Morgan fingerprint density at radius 2 is 1.93 bits per heavy atom. The van der Waals surface area contributed by atoms with Crippen LogP contribution in [0.1, 0.15) is 31.9 Å². The summed E-state index contributed by atoms with van der Waals surface area (Å²) in [6.07, 6.45) is 1.36. The van der Waals surface area contributed by atoms with Gasteiger partial charge in [-0.3, -0.25) is 14.8 Å². The molecule has 0 bridgehead atoms. The molecule has 1 aromatic carbocycles. The lowest BCUT2D eigenvalue weighted by atomic mass is 9.99. The maximum absolute atomic E-state index is 5.94. The summed E-state index contributed by atoms with van der Waals surface area (Å²) in [5.41, 5.74) is 2.97. The highest BCUT2D eigenvalue weighted by Gasteiger charge is 2.22. The van der Waals surface area contributed by atoms with Crippen molar-refractivity contribution in [1.29, 1.82) is 0 Å². The summed E-state index contributed by atoms with van der Waals surface area (Å²) < 4.78 is 5.94. The van der Waals surface area contributed by atoms with Gasteiger partial charge in [0.2, 0.25) is 0 Å². The van der Waals surface area contributed by atoms with Crippen LogP contribution in [0.25, 0.3) is 0 Å². The van der Waals surface area contributed by atoms with E-state index >= 15 is 0 Å². The molecule has 1 aromatic rings. The minimum absolute atomic E-state index is 0. The van der Waals surface area contributed by atoms with Crippen molar-refractivity contribution in [2.75, 3.05) is 52.9 Å². The van der Waals surface area contributed by atoms with E-state index in [-0.39, 0.29) is 30.1 Å². The molecule has 170 valence electrons. The fourth-order valence-corrected chi connectivity index (χ4v) is 4.28. The number of benzene rings is 1. The predicted octanol–water partition coefficient (Wildman–Crippen LogP) is 2.57. The van der Waals surface area contributed by atoms with E-state index in [0.29, 0.717) is 12.0 Å². The number of hydrogen-bond acceptors (Lipinski definition) is 4. The maximum atomic E-state index is 5.94. The molecular weight excluding hydrogens is 489 g/mol. The molecule has 1 saturated heterocycles. The number of guanidine groups is 1. The minimum atomic E-state index is 0. The van der Waals surface area contributed by atoms with Crippen molar-refractivity contribution < 1.29 is 4.74 Å². The number of nitrogens with zero attached hydrogens (tertiary/aromatic N) is 3. The number of nitrogens with one attached hydrogen (secondary N) is 2. The van der Waals surface area contributed by atoms with Gasteiger partial charge in [-0.2, -0.15) is 0 Å². The number of morpholine rings is 1. The zero-order valence-electron chi connectivity index (χ0n) is 19.1. The molecule has 7 heteroatoms. The summed E-state index contributed by atoms with van der Waals surface area (Å²) in [5, 5.41) is 6.96. The number of fused-ring (bicyclic) bond motifs is 1. The normalized spacial score (nSPS) is 21.6. The molecule has 2 aliphatic heterocycles. The minimum Gasteiger partial charge on any atom is -0.374 e. The zero-order valence-corrected chi connectivity index (χ0v) is 21.4. The van der Waals surface area contributed by atoms with Crippen LogP contribution in [0.2, 0.25) is 0 Å². The summed E-state index contributed by atoms with van der Waals surface area (Å²) in [7, 11) is 1.84. The topological polar surface area (TPSA) is 52.1 Å². The second kappa shape index (κ2) is 12.8. The van der Waals surface area contributed by atoms with Gasteiger partial charge in [-0.05, 0) is 30.4 Å². The van der Waals surface area contributed by atoms with Crippen LogP contribution in [-0.4, -0.2) is 80.8 Å². The highest BCUT2D eigenvalue weighted by atomic mass is 127. The Morgan fingerprint density at radius 3 is 2.67 bits per heavy atom. The van der Waals surface area contributed by atoms with Gasteiger partial charge in [0, 0.05) is 58.9 Å². The SMILES string of the molecule is CN=C(NCC1CN(CC(C)C)CCO1)NCC(C)N1CCc2ccccc2C1.I. The number of halogens is 1. The van der Waals surface area contributed by atoms with Gasteiger partial charge in [0.25, 0.3) is 0 Å². The van der Waals surface area contributed by atoms with Crippen molar-refractivity contribution in [3.8, 4) is 0 Å². The molecule has 0 spiro atoms. The number of aliphatic imine (C=N–C) groups is 1. The first-order valence-corrected chi connectivity index (χ1v) is 11.1. The molecule has 2 atom stereocenters. The zero-order chi connectivity index (χ0) is 20.6. The molecule has 0 saturated carbocycles. The van der Waals surface area contributed by atoms with Crippen LogP contribution in [0.3, 0.4) is 0 Å². The summed E-state index contributed by atoms with van der Waals surface area (Å²) >= 11 is 0. The first-order valence-electron chi connectivity index (χ1n) is 11.1. The van der Waals surface area contributed by atoms with Gasteiger partial charge in [0.1, 0.15) is 0 Å². The molecule has 2 unspecified atom stereocenters. The summed E-state index contributed by atoms with van der Waals surface area (Å²) in [6.45, 7) is 14.7. The number of ether oxygens (including phenoxy) is 1. The van der Waals surface area contributed by atoms with E-state index in [2.05, 4.69) is 70.5 Å². The molecule has 2 heterocycles.